The van der Waals surface area contributed by atoms with E-state index in [-0.39, 0.29) is 0 Å². The van der Waals surface area contributed by atoms with Crippen LogP contribution in [0.25, 0.3) is 33.9 Å². The summed E-state index contributed by atoms with van der Waals surface area (Å²) in [6.45, 7) is 0.783. The summed E-state index contributed by atoms with van der Waals surface area (Å²) in [6, 6.07) is 18.7. The molecule has 5 nitrogen and oxygen atoms in total. The molecule has 0 bridgehead atoms. The van der Waals surface area contributed by atoms with Crippen LogP contribution in [0.2, 0.25) is 0 Å². The van der Waals surface area contributed by atoms with Crippen LogP contribution in [0.1, 0.15) is 5.69 Å². The van der Waals surface area contributed by atoms with Gasteiger partial charge in [0.15, 0.2) is 5.52 Å². The number of nitrogens with zero attached hydrogens (tertiary/aromatic N) is 5. The van der Waals surface area contributed by atoms with Gasteiger partial charge in [-0.2, -0.15) is 8.97 Å². The third kappa shape index (κ3) is 1.59. The minimum Gasteiger partial charge on any atom is -0.257 e. The predicted molar refractivity (Wildman–Crippen MR) is 94.6 cm³/mol. The molecule has 0 radical (unpaired) electrons. The van der Waals surface area contributed by atoms with Crippen molar-refractivity contribution in [1.29, 1.82) is 0 Å². The molecule has 5 aromatic rings. The van der Waals surface area contributed by atoms with Gasteiger partial charge in [0.1, 0.15) is 24.1 Å². The van der Waals surface area contributed by atoms with Crippen molar-refractivity contribution in [3.63, 3.8) is 0 Å². The molecule has 0 saturated carbocycles. The Morgan fingerprint density at radius 2 is 1.72 bits per heavy atom. The number of fused-ring (bicyclic) bond motifs is 7. The van der Waals surface area contributed by atoms with Gasteiger partial charge in [-0.3, -0.25) is 4.98 Å². The first-order valence-corrected chi connectivity index (χ1v) is 8.32. The molecule has 0 saturated heterocycles. The Kier molecular flexibility index (Phi) is 2.34. The first-order chi connectivity index (χ1) is 12.4. The molecule has 0 atom stereocenters. The van der Waals surface area contributed by atoms with Crippen molar-refractivity contribution < 1.29 is 4.40 Å². The van der Waals surface area contributed by atoms with Gasteiger partial charge in [-0.1, -0.05) is 18.2 Å². The van der Waals surface area contributed by atoms with E-state index in [1.54, 1.807) is 0 Å². The van der Waals surface area contributed by atoms with Crippen LogP contribution in [-0.4, -0.2) is 19.1 Å². The lowest BCUT2D eigenvalue weighted by Gasteiger charge is -2.00. The lowest BCUT2D eigenvalue weighted by molar-refractivity contribution is -0.480. The SMILES string of the molecule is c1ccc(-n2c3ncccc3[n+]3cc4n(c23)Cc2ncccc2-4)cc1. The molecule has 6 rings (SSSR count). The molecule has 5 heterocycles. The van der Waals surface area contributed by atoms with Crippen molar-refractivity contribution in [2.24, 2.45) is 0 Å². The second-order valence-corrected chi connectivity index (χ2v) is 6.29. The molecule has 4 aromatic heterocycles. The van der Waals surface area contributed by atoms with Gasteiger partial charge in [0.05, 0.1) is 5.69 Å². The normalized spacial score (nSPS) is 12.6. The summed E-state index contributed by atoms with van der Waals surface area (Å²) < 4.78 is 6.79. The summed E-state index contributed by atoms with van der Waals surface area (Å²) in [7, 11) is 0. The third-order valence-corrected chi connectivity index (χ3v) is 4.92. The number of rotatable bonds is 1. The molecule has 0 spiro atoms. The lowest BCUT2D eigenvalue weighted by Crippen LogP contribution is -2.19. The fraction of sp³-hybridized carbons (Fsp3) is 0.0500. The second kappa shape index (κ2) is 4.54. The summed E-state index contributed by atoms with van der Waals surface area (Å²) in [5, 5.41) is 0. The fourth-order valence-corrected chi connectivity index (χ4v) is 3.87. The zero-order valence-electron chi connectivity index (χ0n) is 13.4. The predicted octanol–water partition coefficient (Wildman–Crippen LogP) is 2.99. The highest BCUT2D eigenvalue weighted by molar-refractivity contribution is 5.76. The first-order valence-electron chi connectivity index (χ1n) is 8.32. The van der Waals surface area contributed by atoms with Crippen LogP contribution in [0.4, 0.5) is 0 Å². The molecule has 0 N–H and O–H groups in total. The maximum absolute atomic E-state index is 4.65. The van der Waals surface area contributed by atoms with Crippen molar-refractivity contribution in [3.8, 4) is 16.9 Å². The summed E-state index contributed by atoms with van der Waals surface area (Å²) in [6.07, 6.45) is 5.92. The summed E-state index contributed by atoms with van der Waals surface area (Å²) in [5.74, 6) is 1.10. The van der Waals surface area contributed by atoms with Crippen molar-refractivity contribution in [2.45, 2.75) is 6.54 Å². The van der Waals surface area contributed by atoms with E-state index < -0.39 is 0 Å². The Morgan fingerprint density at radius 1 is 0.880 bits per heavy atom. The number of aromatic nitrogens is 5. The van der Waals surface area contributed by atoms with E-state index in [2.05, 4.69) is 66.1 Å². The minimum absolute atomic E-state index is 0.783. The molecule has 5 heteroatoms. The Hall–Kier alpha value is -3.47. The highest BCUT2D eigenvalue weighted by atomic mass is 15.3. The van der Waals surface area contributed by atoms with Crippen LogP contribution in [0, 0.1) is 0 Å². The molecule has 0 aliphatic carbocycles. The van der Waals surface area contributed by atoms with Crippen LogP contribution >= 0.6 is 0 Å². The van der Waals surface area contributed by atoms with E-state index in [9.17, 15) is 0 Å². The molecule has 118 valence electrons. The van der Waals surface area contributed by atoms with Crippen LogP contribution in [0.15, 0.2) is 73.2 Å². The lowest BCUT2D eigenvalue weighted by atomic mass is 10.2. The number of hydrogen-bond donors (Lipinski definition) is 0. The quantitative estimate of drug-likeness (QED) is 0.436. The van der Waals surface area contributed by atoms with Gasteiger partial charge in [-0.05, 0) is 36.4 Å². The topological polar surface area (TPSA) is 39.7 Å². The molecule has 0 unspecified atom stereocenters. The third-order valence-electron chi connectivity index (χ3n) is 4.92. The van der Waals surface area contributed by atoms with Crippen LogP contribution in [0.5, 0.6) is 0 Å². The van der Waals surface area contributed by atoms with Crippen LogP contribution < -0.4 is 4.40 Å². The monoisotopic (exact) mass is 324 g/mol. The average Bonchev–Trinajstić information content (AvgIpc) is 3.30. The molecular formula is C20H14N5+. The van der Waals surface area contributed by atoms with Crippen molar-refractivity contribution in [3.05, 3.63) is 78.9 Å². The molecule has 1 aliphatic heterocycles. The van der Waals surface area contributed by atoms with Crippen molar-refractivity contribution >= 4 is 16.9 Å². The number of pyridine rings is 2. The zero-order valence-corrected chi connectivity index (χ0v) is 13.4. The Balaban J connectivity index is 1.79. The highest BCUT2D eigenvalue weighted by Crippen LogP contribution is 2.33. The number of hydrogen-bond acceptors (Lipinski definition) is 2. The number of imidazole rings is 2. The van der Waals surface area contributed by atoms with Gasteiger partial charge in [0, 0.05) is 18.0 Å². The van der Waals surface area contributed by atoms with Crippen molar-refractivity contribution in [2.75, 3.05) is 0 Å². The maximum atomic E-state index is 4.65. The van der Waals surface area contributed by atoms with Gasteiger partial charge in [-0.25, -0.2) is 9.55 Å². The number of benzene rings is 1. The Bertz CT molecular complexity index is 1260. The van der Waals surface area contributed by atoms with Crippen LogP contribution in [0.3, 0.4) is 0 Å². The van der Waals surface area contributed by atoms with E-state index in [0.29, 0.717) is 0 Å². The van der Waals surface area contributed by atoms with Gasteiger partial charge >= 0.3 is 5.78 Å². The van der Waals surface area contributed by atoms with E-state index in [1.807, 2.05) is 30.6 Å². The van der Waals surface area contributed by atoms with Crippen molar-refractivity contribution in [1.82, 2.24) is 19.1 Å². The van der Waals surface area contributed by atoms with Gasteiger partial charge < -0.3 is 0 Å². The average molecular weight is 324 g/mol. The summed E-state index contributed by atoms with van der Waals surface area (Å²) in [4.78, 5) is 9.21. The van der Waals surface area contributed by atoms with Gasteiger partial charge in [0.2, 0.25) is 5.65 Å². The first kappa shape index (κ1) is 12.9. The van der Waals surface area contributed by atoms with Crippen LogP contribution in [-0.2, 0) is 6.54 Å². The number of para-hydroxylation sites is 1. The molecular weight excluding hydrogens is 310 g/mol. The largest absolute Gasteiger partial charge is 0.377 e. The van der Waals surface area contributed by atoms with E-state index >= 15 is 0 Å². The standard InChI is InChI=1S/C20H14N5/c1-2-6-14(7-3-1)25-19-17(9-5-11-22-19)24-13-18-15-8-4-10-21-16(15)12-23(18)20(24)25/h1-11,13H,12H2/q+1. The van der Waals surface area contributed by atoms with Gasteiger partial charge in [0.25, 0.3) is 0 Å². The summed E-state index contributed by atoms with van der Waals surface area (Å²) >= 11 is 0. The second-order valence-electron chi connectivity index (χ2n) is 6.29. The Morgan fingerprint density at radius 3 is 2.64 bits per heavy atom. The van der Waals surface area contributed by atoms with Gasteiger partial charge in [-0.15, -0.1) is 0 Å². The zero-order chi connectivity index (χ0) is 16.4. The molecule has 0 fully saturated rings. The molecule has 1 aliphatic rings. The van der Waals surface area contributed by atoms with E-state index in [1.165, 1.54) is 11.3 Å². The molecule has 0 amide bonds. The minimum atomic E-state index is 0.783. The smallest absolute Gasteiger partial charge is 0.257 e. The Labute approximate surface area is 143 Å². The molecule has 1 aromatic carbocycles. The maximum Gasteiger partial charge on any atom is 0.377 e. The van der Waals surface area contributed by atoms with E-state index in [0.717, 1.165) is 34.9 Å². The molecule has 25 heavy (non-hydrogen) atoms. The van der Waals surface area contributed by atoms with E-state index in [4.69, 9.17) is 0 Å². The fourth-order valence-electron chi connectivity index (χ4n) is 3.87. The summed E-state index contributed by atoms with van der Waals surface area (Å²) in [5.41, 5.74) is 6.71. The highest BCUT2D eigenvalue weighted by Gasteiger charge is 2.33.